The molecule has 0 aliphatic carbocycles. The molecule has 144 valence electrons. The Morgan fingerprint density at radius 2 is 1.96 bits per heavy atom. The van der Waals surface area contributed by atoms with Crippen molar-refractivity contribution in [2.45, 2.75) is 12.6 Å². The lowest BCUT2D eigenvalue weighted by Crippen LogP contribution is -2.35. The van der Waals surface area contributed by atoms with Crippen molar-refractivity contribution in [1.82, 2.24) is 4.57 Å². The molecule has 2 aromatic rings. The van der Waals surface area contributed by atoms with Gasteiger partial charge < -0.3 is 14.2 Å². The van der Waals surface area contributed by atoms with Crippen LogP contribution in [0.15, 0.2) is 41.1 Å². The highest BCUT2D eigenvalue weighted by molar-refractivity contribution is 8.03. The number of aromatic nitrogens is 1. The lowest BCUT2D eigenvalue weighted by Gasteiger charge is -2.32. The minimum atomic E-state index is -5.16. The molecule has 1 saturated heterocycles. The van der Waals surface area contributed by atoms with Gasteiger partial charge in [-0.3, -0.25) is 4.79 Å². The van der Waals surface area contributed by atoms with Gasteiger partial charge in [-0.1, -0.05) is 0 Å². The first-order chi connectivity index (χ1) is 12.7. The van der Waals surface area contributed by atoms with Crippen LogP contribution in [0.2, 0.25) is 0 Å². The summed E-state index contributed by atoms with van der Waals surface area (Å²) >= 11 is 1.05. The number of esters is 1. The number of ketones is 1. The molecule has 0 radical (unpaired) electrons. The third-order valence-electron chi connectivity index (χ3n) is 4.28. The van der Waals surface area contributed by atoms with Crippen LogP contribution in [0.25, 0.3) is 10.9 Å². The number of halogens is 3. The molecule has 1 aromatic heterocycles. The van der Waals surface area contributed by atoms with Gasteiger partial charge in [-0.15, -0.1) is 11.8 Å². The number of hydrogen-bond donors (Lipinski definition) is 0. The van der Waals surface area contributed by atoms with Crippen molar-refractivity contribution in [3.63, 3.8) is 0 Å². The topological polar surface area (TPSA) is 51.5 Å². The third kappa shape index (κ3) is 3.69. The molecule has 1 fully saturated rings. The van der Waals surface area contributed by atoms with E-state index in [1.54, 1.807) is 11.0 Å². The summed E-state index contributed by atoms with van der Waals surface area (Å²) in [5.74, 6) is -2.97. The number of ether oxygens (including phenoxy) is 1. The SMILES string of the molecule is COC(=O)C(C(=O)C(F)(F)F)=C1SCCCN1c1ccc2c(ccn2C)c1. The highest BCUT2D eigenvalue weighted by atomic mass is 32.2. The van der Waals surface area contributed by atoms with E-state index in [4.69, 9.17) is 0 Å². The Kier molecular flexibility index (Phi) is 5.23. The Balaban J connectivity index is 2.14. The van der Waals surface area contributed by atoms with Crippen molar-refractivity contribution in [3.8, 4) is 0 Å². The number of aryl methyl sites for hydroxylation is 1. The molecule has 0 bridgehead atoms. The summed E-state index contributed by atoms with van der Waals surface area (Å²) < 4.78 is 45.6. The zero-order valence-electron chi connectivity index (χ0n) is 14.7. The minimum Gasteiger partial charge on any atom is -0.465 e. The van der Waals surface area contributed by atoms with Crippen molar-refractivity contribution in [2.24, 2.45) is 7.05 Å². The number of fused-ring (bicyclic) bond motifs is 1. The number of hydrogen-bond acceptors (Lipinski definition) is 5. The smallest absolute Gasteiger partial charge is 0.455 e. The number of carbonyl (C=O) groups excluding carboxylic acids is 2. The number of nitrogens with zero attached hydrogens (tertiary/aromatic N) is 2. The molecule has 1 aliphatic heterocycles. The number of anilines is 1. The molecule has 0 N–H and O–H groups in total. The van der Waals surface area contributed by atoms with Gasteiger partial charge in [-0.25, -0.2) is 4.79 Å². The zero-order chi connectivity index (χ0) is 19.8. The average molecular weight is 398 g/mol. The van der Waals surface area contributed by atoms with Gasteiger partial charge in [0.1, 0.15) is 5.57 Å². The summed E-state index contributed by atoms with van der Waals surface area (Å²) in [6.07, 6.45) is -2.58. The van der Waals surface area contributed by atoms with E-state index in [9.17, 15) is 22.8 Å². The Bertz CT molecular complexity index is 934. The van der Waals surface area contributed by atoms with Crippen LogP contribution in [0.5, 0.6) is 0 Å². The summed E-state index contributed by atoms with van der Waals surface area (Å²) in [5.41, 5.74) is 0.614. The number of Topliss-reactive ketones (excluding diaryl/α,β-unsaturated/α-hetero) is 1. The largest absolute Gasteiger partial charge is 0.465 e. The Labute approximate surface area is 157 Å². The van der Waals surface area contributed by atoms with Crippen LogP contribution >= 0.6 is 11.8 Å². The van der Waals surface area contributed by atoms with Gasteiger partial charge in [0.05, 0.1) is 12.1 Å². The summed E-state index contributed by atoms with van der Waals surface area (Å²) in [5, 5.41) is 0.886. The van der Waals surface area contributed by atoms with E-state index in [1.165, 1.54) is 0 Å². The van der Waals surface area contributed by atoms with E-state index in [-0.39, 0.29) is 5.03 Å². The van der Waals surface area contributed by atoms with Gasteiger partial charge in [-0.2, -0.15) is 13.2 Å². The van der Waals surface area contributed by atoms with Crippen molar-refractivity contribution >= 4 is 40.1 Å². The monoisotopic (exact) mass is 398 g/mol. The predicted octanol–water partition coefficient (Wildman–Crippen LogP) is 3.64. The van der Waals surface area contributed by atoms with Gasteiger partial charge in [-0.05, 0) is 30.7 Å². The minimum absolute atomic E-state index is 0.0225. The van der Waals surface area contributed by atoms with Crippen molar-refractivity contribution < 1.29 is 27.5 Å². The number of methoxy groups -OCH3 is 1. The molecule has 9 heteroatoms. The van der Waals surface area contributed by atoms with Crippen LogP contribution in [0.1, 0.15) is 6.42 Å². The van der Waals surface area contributed by atoms with Crippen LogP contribution < -0.4 is 4.90 Å². The third-order valence-corrected chi connectivity index (χ3v) is 5.47. The van der Waals surface area contributed by atoms with E-state index in [1.807, 2.05) is 36.0 Å². The molecule has 0 amide bonds. The number of alkyl halides is 3. The number of benzene rings is 1. The number of rotatable bonds is 3. The quantitative estimate of drug-likeness (QED) is 0.342. The molecule has 0 unspecified atom stereocenters. The van der Waals surface area contributed by atoms with E-state index >= 15 is 0 Å². The maximum Gasteiger partial charge on any atom is 0.455 e. The molecule has 3 rings (SSSR count). The van der Waals surface area contributed by atoms with Gasteiger partial charge in [0.2, 0.25) is 0 Å². The standard InChI is InChI=1S/C18H17F3N2O3S/c1-22-8-6-11-10-12(4-5-13(11)22)23-7-3-9-27-16(23)14(17(25)26-2)15(24)18(19,20)21/h4-6,8,10H,3,7,9H2,1-2H3. The molecule has 27 heavy (non-hydrogen) atoms. The zero-order valence-corrected chi connectivity index (χ0v) is 15.5. The number of thioether (sulfide) groups is 1. The average Bonchev–Trinajstić information content (AvgIpc) is 3.01. The fourth-order valence-electron chi connectivity index (χ4n) is 2.98. The second-order valence-corrected chi connectivity index (χ2v) is 7.11. The summed E-state index contributed by atoms with van der Waals surface area (Å²) in [7, 11) is 2.85. The molecule has 0 atom stereocenters. The Morgan fingerprint density at radius 1 is 1.22 bits per heavy atom. The fourth-order valence-corrected chi connectivity index (χ4v) is 4.12. The summed E-state index contributed by atoms with van der Waals surface area (Å²) in [6.45, 7) is 0.395. The van der Waals surface area contributed by atoms with E-state index < -0.39 is 23.5 Å². The predicted molar refractivity (Wildman–Crippen MR) is 97.4 cm³/mol. The van der Waals surface area contributed by atoms with Crippen molar-refractivity contribution in [3.05, 3.63) is 41.1 Å². The first-order valence-corrected chi connectivity index (χ1v) is 9.12. The highest BCUT2D eigenvalue weighted by Crippen LogP contribution is 2.37. The van der Waals surface area contributed by atoms with Crippen LogP contribution in [0, 0.1) is 0 Å². The molecule has 5 nitrogen and oxygen atoms in total. The molecular formula is C18H17F3N2O3S. The highest BCUT2D eigenvalue weighted by Gasteiger charge is 2.46. The van der Waals surface area contributed by atoms with Crippen molar-refractivity contribution in [1.29, 1.82) is 0 Å². The maximum atomic E-state index is 13.1. The lowest BCUT2D eigenvalue weighted by molar-refractivity contribution is -0.168. The van der Waals surface area contributed by atoms with E-state index in [0.717, 1.165) is 29.8 Å². The molecule has 0 spiro atoms. The molecule has 1 aliphatic rings. The normalized spacial score (nSPS) is 17.1. The van der Waals surface area contributed by atoms with Crippen LogP contribution in [0.4, 0.5) is 18.9 Å². The Morgan fingerprint density at radius 3 is 2.63 bits per heavy atom. The first kappa shape index (κ1) is 19.3. The van der Waals surface area contributed by atoms with Gasteiger partial charge in [0.25, 0.3) is 5.78 Å². The van der Waals surface area contributed by atoms with Crippen molar-refractivity contribution in [2.75, 3.05) is 24.3 Å². The van der Waals surface area contributed by atoms with Gasteiger partial charge >= 0.3 is 12.1 Å². The van der Waals surface area contributed by atoms with Crippen LogP contribution in [-0.4, -0.2) is 41.9 Å². The lowest BCUT2D eigenvalue weighted by atomic mass is 10.1. The van der Waals surface area contributed by atoms with Gasteiger partial charge in [0, 0.05) is 42.1 Å². The number of carbonyl (C=O) groups is 2. The van der Waals surface area contributed by atoms with Crippen LogP contribution in [0.3, 0.4) is 0 Å². The summed E-state index contributed by atoms with van der Waals surface area (Å²) in [4.78, 5) is 25.6. The molecular weight excluding hydrogens is 381 g/mol. The van der Waals surface area contributed by atoms with Gasteiger partial charge in [0.15, 0.2) is 0 Å². The fraction of sp³-hybridized carbons (Fsp3) is 0.333. The molecule has 2 heterocycles. The summed E-state index contributed by atoms with van der Waals surface area (Å²) in [6, 6.07) is 7.34. The Hall–Kier alpha value is -2.42. The second kappa shape index (κ2) is 7.30. The van der Waals surface area contributed by atoms with Crippen LogP contribution in [-0.2, 0) is 21.4 Å². The second-order valence-electron chi connectivity index (χ2n) is 6.02. The molecule has 1 aromatic carbocycles. The molecule has 0 saturated carbocycles. The van der Waals surface area contributed by atoms with E-state index in [0.29, 0.717) is 24.4 Å². The maximum absolute atomic E-state index is 13.1. The first-order valence-electron chi connectivity index (χ1n) is 8.13. The van der Waals surface area contributed by atoms with E-state index in [2.05, 4.69) is 4.74 Å².